The van der Waals surface area contributed by atoms with Gasteiger partial charge in [-0.05, 0) is 62.1 Å². The summed E-state index contributed by atoms with van der Waals surface area (Å²) < 4.78 is 5.81. The van der Waals surface area contributed by atoms with Crippen LogP contribution in [0.25, 0.3) is 0 Å². The normalized spacial score (nSPS) is 17.4. The molecule has 1 fully saturated rings. The zero-order chi connectivity index (χ0) is 15.9. The Morgan fingerprint density at radius 3 is 2.65 bits per heavy atom. The van der Waals surface area contributed by atoms with Crippen molar-refractivity contribution >= 4 is 0 Å². The van der Waals surface area contributed by atoms with Gasteiger partial charge in [0.2, 0.25) is 0 Å². The second-order valence-electron chi connectivity index (χ2n) is 6.04. The minimum Gasteiger partial charge on any atom is -0.456 e. The summed E-state index contributed by atoms with van der Waals surface area (Å²) >= 11 is 0. The summed E-state index contributed by atoms with van der Waals surface area (Å²) in [7, 11) is 0. The van der Waals surface area contributed by atoms with Gasteiger partial charge >= 0.3 is 0 Å². The van der Waals surface area contributed by atoms with E-state index in [0.29, 0.717) is 17.4 Å². The smallest absolute Gasteiger partial charge is 0.145 e. The Bertz CT molecular complexity index is 667. The van der Waals surface area contributed by atoms with Crippen molar-refractivity contribution in [3.8, 4) is 17.6 Å². The number of rotatable bonds is 5. The maximum atomic E-state index is 9.10. The lowest BCUT2D eigenvalue weighted by atomic mass is 9.98. The molecule has 2 aromatic carbocycles. The second-order valence-corrected chi connectivity index (χ2v) is 6.04. The number of nitriles is 1. The topological polar surface area (TPSA) is 45.0 Å². The highest BCUT2D eigenvalue weighted by atomic mass is 16.5. The number of benzene rings is 2. The summed E-state index contributed by atoms with van der Waals surface area (Å²) in [5.41, 5.74) is 1.89. The SMILES string of the molecule is N#Cc1ccccc1Oc1ccc(CCC2CCCCN2)cc1. The lowest BCUT2D eigenvalue weighted by Gasteiger charge is -2.23. The van der Waals surface area contributed by atoms with E-state index in [-0.39, 0.29) is 0 Å². The standard InChI is InChI=1S/C20H22N2O/c21-15-17-5-1-2-7-20(17)23-19-12-9-16(10-13-19)8-11-18-6-3-4-14-22-18/h1-2,5,7,9-10,12-13,18,22H,3-4,6,8,11,14H2. The lowest BCUT2D eigenvalue weighted by molar-refractivity contribution is 0.383. The molecule has 3 heteroatoms. The molecule has 23 heavy (non-hydrogen) atoms. The Kier molecular flexibility index (Phi) is 5.29. The van der Waals surface area contributed by atoms with Gasteiger partial charge in [-0.3, -0.25) is 0 Å². The van der Waals surface area contributed by atoms with Crippen molar-refractivity contribution in [2.45, 2.75) is 38.1 Å². The van der Waals surface area contributed by atoms with Crippen LogP contribution in [0.3, 0.4) is 0 Å². The van der Waals surface area contributed by atoms with Crippen LogP contribution in [0.2, 0.25) is 0 Å². The molecular weight excluding hydrogens is 284 g/mol. The van der Waals surface area contributed by atoms with Crippen LogP contribution in [0.5, 0.6) is 11.5 Å². The van der Waals surface area contributed by atoms with E-state index in [2.05, 4.69) is 23.5 Å². The lowest BCUT2D eigenvalue weighted by Crippen LogP contribution is -2.34. The number of ether oxygens (including phenoxy) is 1. The molecule has 1 atom stereocenters. The van der Waals surface area contributed by atoms with Crippen LogP contribution in [0.15, 0.2) is 48.5 Å². The van der Waals surface area contributed by atoms with Crippen LogP contribution < -0.4 is 10.1 Å². The fourth-order valence-corrected chi connectivity index (χ4v) is 3.01. The van der Waals surface area contributed by atoms with Crippen molar-refractivity contribution in [3.63, 3.8) is 0 Å². The Balaban J connectivity index is 1.57. The van der Waals surface area contributed by atoms with Gasteiger partial charge in [0.25, 0.3) is 0 Å². The van der Waals surface area contributed by atoms with Crippen molar-refractivity contribution in [1.29, 1.82) is 5.26 Å². The minimum absolute atomic E-state index is 0.556. The van der Waals surface area contributed by atoms with Crippen molar-refractivity contribution < 1.29 is 4.74 Å². The van der Waals surface area contributed by atoms with Crippen LogP contribution in [0.1, 0.15) is 36.8 Å². The monoisotopic (exact) mass is 306 g/mol. The third kappa shape index (κ3) is 4.34. The molecule has 1 unspecified atom stereocenters. The summed E-state index contributed by atoms with van der Waals surface area (Å²) in [6, 6.07) is 18.3. The van der Waals surface area contributed by atoms with Gasteiger partial charge < -0.3 is 10.1 Å². The average molecular weight is 306 g/mol. The third-order valence-electron chi connectivity index (χ3n) is 4.35. The van der Waals surface area contributed by atoms with E-state index in [1.807, 2.05) is 30.3 Å². The van der Waals surface area contributed by atoms with Crippen LogP contribution in [0.4, 0.5) is 0 Å². The summed E-state index contributed by atoms with van der Waals surface area (Å²) in [4.78, 5) is 0. The predicted molar refractivity (Wildman–Crippen MR) is 91.6 cm³/mol. The van der Waals surface area contributed by atoms with E-state index in [4.69, 9.17) is 10.00 Å². The third-order valence-corrected chi connectivity index (χ3v) is 4.35. The van der Waals surface area contributed by atoms with Gasteiger partial charge in [-0.1, -0.05) is 30.7 Å². The number of hydrogen-bond acceptors (Lipinski definition) is 3. The van der Waals surface area contributed by atoms with E-state index in [1.54, 1.807) is 6.07 Å². The van der Waals surface area contributed by atoms with Crippen molar-refractivity contribution in [3.05, 3.63) is 59.7 Å². The first-order chi connectivity index (χ1) is 11.3. The van der Waals surface area contributed by atoms with Gasteiger partial charge in [0.05, 0.1) is 5.56 Å². The molecule has 0 aromatic heterocycles. The zero-order valence-electron chi connectivity index (χ0n) is 13.3. The van der Waals surface area contributed by atoms with Crippen LogP contribution in [0, 0.1) is 11.3 Å². The highest BCUT2D eigenvalue weighted by molar-refractivity contribution is 5.45. The molecule has 0 spiro atoms. The van der Waals surface area contributed by atoms with Crippen molar-refractivity contribution in [2.24, 2.45) is 0 Å². The molecule has 118 valence electrons. The van der Waals surface area contributed by atoms with Gasteiger partial charge in [-0.2, -0.15) is 5.26 Å². The Morgan fingerprint density at radius 1 is 1.09 bits per heavy atom. The summed E-state index contributed by atoms with van der Waals surface area (Å²) in [6.07, 6.45) is 6.24. The first-order valence-corrected chi connectivity index (χ1v) is 8.34. The molecule has 1 saturated heterocycles. The maximum absolute atomic E-state index is 9.10. The predicted octanol–water partition coefficient (Wildman–Crippen LogP) is 4.43. The largest absolute Gasteiger partial charge is 0.456 e. The van der Waals surface area contributed by atoms with E-state index < -0.39 is 0 Å². The Morgan fingerprint density at radius 2 is 1.91 bits per heavy atom. The second kappa shape index (κ2) is 7.80. The number of piperidine rings is 1. The molecule has 0 bridgehead atoms. The summed E-state index contributed by atoms with van der Waals surface area (Å²) in [5.74, 6) is 1.38. The van der Waals surface area contributed by atoms with E-state index in [1.165, 1.54) is 31.2 Å². The van der Waals surface area contributed by atoms with Crippen molar-refractivity contribution in [1.82, 2.24) is 5.32 Å². The quantitative estimate of drug-likeness (QED) is 0.889. The molecule has 3 rings (SSSR count). The molecule has 0 amide bonds. The van der Waals surface area contributed by atoms with Gasteiger partial charge in [-0.15, -0.1) is 0 Å². The van der Waals surface area contributed by atoms with E-state index >= 15 is 0 Å². The average Bonchev–Trinajstić information content (AvgIpc) is 2.62. The summed E-state index contributed by atoms with van der Waals surface area (Å²) in [6.45, 7) is 1.16. The number of para-hydroxylation sites is 1. The number of aryl methyl sites for hydroxylation is 1. The summed E-state index contributed by atoms with van der Waals surface area (Å²) in [5, 5.41) is 12.7. The van der Waals surface area contributed by atoms with Crippen molar-refractivity contribution in [2.75, 3.05) is 6.54 Å². The maximum Gasteiger partial charge on any atom is 0.145 e. The molecule has 1 N–H and O–H groups in total. The van der Waals surface area contributed by atoms with Gasteiger partial charge in [0.1, 0.15) is 17.6 Å². The minimum atomic E-state index is 0.556. The molecule has 3 nitrogen and oxygen atoms in total. The Hall–Kier alpha value is -2.31. The highest BCUT2D eigenvalue weighted by Gasteiger charge is 2.12. The molecule has 1 heterocycles. The molecule has 0 radical (unpaired) electrons. The molecular formula is C20H22N2O. The van der Waals surface area contributed by atoms with Crippen LogP contribution >= 0.6 is 0 Å². The highest BCUT2D eigenvalue weighted by Crippen LogP contribution is 2.25. The fraction of sp³-hybridized carbons (Fsp3) is 0.350. The van der Waals surface area contributed by atoms with E-state index in [0.717, 1.165) is 18.7 Å². The molecule has 2 aromatic rings. The number of nitrogens with one attached hydrogen (secondary N) is 1. The molecule has 1 aliphatic rings. The van der Waals surface area contributed by atoms with Gasteiger partial charge in [0, 0.05) is 6.04 Å². The first kappa shape index (κ1) is 15.6. The fourth-order valence-electron chi connectivity index (χ4n) is 3.01. The first-order valence-electron chi connectivity index (χ1n) is 8.34. The number of nitrogens with zero attached hydrogens (tertiary/aromatic N) is 1. The molecule has 0 aliphatic carbocycles. The molecule has 1 aliphatic heterocycles. The van der Waals surface area contributed by atoms with Crippen LogP contribution in [-0.2, 0) is 6.42 Å². The number of hydrogen-bond donors (Lipinski definition) is 1. The Labute approximate surface area is 137 Å². The van der Waals surface area contributed by atoms with Gasteiger partial charge in [-0.25, -0.2) is 0 Å². The van der Waals surface area contributed by atoms with E-state index in [9.17, 15) is 0 Å². The van der Waals surface area contributed by atoms with Gasteiger partial charge in [0.15, 0.2) is 0 Å². The zero-order valence-corrected chi connectivity index (χ0v) is 13.3. The molecule has 0 saturated carbocycles. The van der Waals surface area contributed by atoms with Crippen LogP contribution in [-0.4, -0.2) is 12.6 Å².